The number of sulfonamides is 1. The summed E-state index contributed by atoms with van der Waals surface area (Å²) in [4.78, 5) is 11.1. The van der Waals surface area contributed by atoms with Crippen LogP contribution in [0.25, 0.3) is 0 Å². The van der Waals surface area contributed by atoms with Crippen molar-refractivity contribution in [2.75, 3.05) is 6.54 Å². The molecule has 0 aliphatic carbocycles. The van der Waals surface area contributed by atoms with E-state index in [0.29, 0.717) is 12.0 Å². The van der Waals surface area contributed by atoms with Crippen LogP contribution in [0, 0.1) is 6.92 Å². The topological polar surface area (TPSA) is 75.3 Å². The first kappa shape index (κ1) is 10.4. The van der Waals surface area contributed by atoms with Crippen LogP contribution in [0.1, 0.15) is 28.1 Å². The van der Waals surface area contributed by atoms with Gasteiger partial charge in [0.05, 0.1) is 7.64 Å². The van der Waals surface area contributed by atoms with E-state index < -0.39 is 27.0 Å². The van der Waals surface area contributed by atoms with Crippen molar-refractivity contribution in [3.63, 3.8) is 0 Å². The third-order valence-corrected chi connectivity index (χ3v) is 3.36. The Morgan fingerprint density at radius 2 is 2.17 bits per heavy atom. The number of amides is 2. The van der Waals surface area contributed by atoms with Crippen LogP contribution in [0.3, 0.4) is 0 Å². The van der Waals surface area contributed by atoms with E-state index >= 15 is 0 Å². The molecule has 0 aliphatic heterocycles. The Bertz CT molecular complexity index is 635. The fourth-order valence-electron chi connectivity index (χ4n) is 1.16. The van der Waals surface area contributed by atoms with Gasteiger partial charge in [-0.05, 0) is 25.5 Å². The number of nitrogens with one attached hydrogen (secondary N) is 2. The summed E-state index contributed by atoms with van der Waals surface area (Å²) >= 11 is 0. The van der Waals surface area contributed by atoms with Crippen LogP contribution in [-0.4, -0.2) is 21.0 Å². The van der Waals surface area contributed by atoms with Crippen molar-refractivity contribution in [1.29, 1.82) is 0 Å². The minimum atomic E-state index is -4.46. The molecule has 0 unspecified atom stereocenters. The molecule has 0 saturated heterocycles. The molecule has 5 nitrogen and oxygen atoms in total. The van der Waals surface area contributed by atoms with Crippen LogP contribution in [-0.2, 0) is 10.0 Å². The highest BCUT2D eigenvalue weighted by atomic mass is 32.2. The largest absolute Gasteiger partial charge is 0.337 e. The molecule has 1 rings (SSSR count). The maximum Gasteiger partial charge on any atom is 0.328 e. The number of carbonyl (C=O) groups is 1. The van der Waals surface area contributed by atoms with Crippen molar-refractivity contribution < 1.29 is 17.4 Å². The molecule has 2 N–H and O–H groups in total. The second-order valence-electron chi connectivity index (χ2n) is 3.78. The fourth-order valence-corrected chi connectivity index (χ4v) is 1.96. The number of carbonyl (C=O) groups excluding carboxylic acids is 1. The Balaban J connectivity index is 3.06. The SMILES string of the molecule is [2H]c1c(C)ccc(S(=O)(=O)N([2H])C(=O)NCCCC)c1[2H]. The zero-order valence-corrected chi connectivity index (χ0v) is 11.2. The predicted octanol–water partition coefficient (Wildman–Crippen LogP) is 1.78. The third kappa shape index (κ3) is 4.37. The van der Waals surface area contributed by atoms with E-state index in [0.717, 1.165) is 12.5 Å². The number of rotatable bonds is 5. The van der Waals surface area contributed by atoms with E-state index in [2.05, 4.69) is 5.32 Å². The van der Waals surface area contributed by atoms with E-state index in [1.165, 1.54) is 6.07 Å². The van der Waals surface area contributed by atoms with Crippen LogP contribution >= 0.6 is 0 Å². The molecule has 1 aromatic carbocycles. The van der Waals surface area contributed by atoms with E-state index in [4.69, 9.17) is 4.15 Å². The number of benzene rings is 1. The Morgan fingerprint density at radius 3 is 2.83 bits per heavy atom. The van der Waals surface area contributed by atoms with Crippen LogP contribution in [0.2, 0.25) is 1.41 Å². The second kappa shape index (κ2) is 6.39. The summed E-state index contributed by atoms with van der Waals surface area (Å²) in [5, 5.41) is 2.32. The summed E-state index contributed by atoms with van der Waals surface area (Å²) in [6.07, 6.45) is 1.49. The minimum absolute atomic E-state index is 0.176. The first-order valence-electron chi connectivity index (χ1n) is 7.07. The predicted molar refractivity (Wildman–Crippen MR) is 69.8 cm³/mol. The molecular weight excluding hydrogens is 252 g/mol. The molecule has 0 bridgehead atoms. The number of hydrogen-bond acceptors (Lipinski definition) is 3. The highest BCUT2D eigenvalue weighted by Crippen LogP contribution is 2.09. The molecule has 0 aromatic heterocycles. The standard InChI is InChI=1S/C12H18N2O3S/c1-3-4-9-13-12(15)14-18(16,17)11-7-5-10(2)6-8-11/h5-8H,3-4,9H2,1-2H3,(H2,13,14,15)/i5D,7D/hD. The van der Waals surface area contributed by atoms with E-state index in [1.807, 2.05) is 6.92 Å². The van der Waals surface area contributed by atoms with Gasteiger partial charge < -0.3 is 5.32 Å². The van der Waals surface area contributed by atoms with Crippen LogP contribution in [0.4, 0.5) is 4.79 Å². The van der Waals surface area contributed by atoms with Crippen LogP contribution in [0.5, 0.6) is 0 Å². The van der Waals surface area contributed by atoms with Gasteiger partial charge in [0, 0.05) is 6.54 Å². The number of urea groups is 1. The van der Waals surface area contributed by atoms with Gasteiger partial charge in [-0.25, -0.2) is 17.9 Å². The van der Waals surface area contributed by atoms with Crippen molar-refractivity contribution in [2.24, 2.45) is 0 Å². The van der Waals surface area contributed by atoms with Gasteiger partial charge in [0.1, 0.15) is 0 Å². The molecule has 0 spiro atoms. The summed E-state index contributed by atoms with van der Waals surface area (Å²) in [7, 11) is -4.46. The zero-order valence-electron chi connectivity index (χ0n) is 13.4. The van der Waals surface area contributed by atoms with Crippen LogP contribution in [0.15, 0.2) is 29.1 Å². The number of unbranched alkanes of at least 4 members (excludes halogenated alkanes) is 1. The molecule has 0 atom stereocenters. The van der Waals surface area contributed by atoms with E-state index in [9.17, 15) is 13.2 Å². The lowest BCUT2D eigenvalue weighted by Crippen LogP contribution is -2.39. The van der Waals surface area contributed by atoms with Gasteiger partial charge in [-0.1, -0.05) is 31.0 Å². The van der Waals surface area contributed by atoms with Gasteiger partial charge in [-0.3, -0.25) is 0 Å². The molecule has 0 heterocycles. The normalized spacial score (nSPS) is 13.3. The Labute approximate surface area is 112 Å². The van der Waals surface area contributed by atoms with Crippen molar-refractivity contribution in [1.82, 2.24) is 10.0 Å². The smallest absolute Gasteiger partial charge is 0.328 e. The van der Waals surface area contributed by atoms with Gasteiger partial charge in [-0.15, -0.1) is 0 Å². The number of hydrogen-bond donors (Lipinski definition) is 2. The molecule has 0 saturated carbocycles. The summed E-state index contributed by atoms with van der Waals surface area (Å²) in [6, 6.07) is 0.668. The third-order valence-electron chi connectivity index (χ3n) is 2.16. The zero-order chi connectivity index (χ0) is 16.2. The summed E-state index contributed by atoms with van der Waals surface area (Å²) in [5.74, 6) is 0. The van der Waals surface area contributed by atoms with Gasteiger partial charge >= 0.3 is 6.03 Å². The molecule has 2 amide bonds. The molecule has 1 aromatic rings. The molecule has 0 radical (unpaired) electrons. The lowest BCUT2D eigenvalue weighted by atomic mass is 10.2. The Kier molecular flexibility index (Phi) is 3.68. The Morgan fingerprint density at radius 1 is 1.44 bits per heavy atom. The lowest BCUT2D eigenvalue weighted by molar-refractivity contribution is 0.245. The summed E-state index contributed by atoms with van der Waals surface area (Å²) in [6.45, 7) is 3.76. The van der Waals surface area contributed by atoms with Crippen molar-refractivity contribution >= 4 is 16.1 Å². The maximum absolute atomic E-state index is 12.2. The molecule has 0 fully saturated rings. The Hall–Kier alpha value is -1.56. The molecule has 18 heavy (non-hydrogen) atoms. The molecule has 100 valence electrons. The van der Waals surface area contributed by atoms with Crippen molar-refractivity contribution in [3.8, 4) is 0 Å². The number of aryl methyl sites for hydroxylation is 1. The van der Waals surface area contributed by atoms with Crippen molar-refractivity contribution in [2.45, 2.75) is 31.6 Å². The maximum atomic E-state index is 12.2. The van der Waals surface area contributed by atoms with Gasteiger partial charge in [0.2, 0.25) is 0 Å². The quantitative estimate of drug-likeness (QED) is 0.803. The van der Waals surface area contributed by atoms with Gasteiger partial charge in [-0.2, -0.15) is 0 Å². The summed E-state index contributed by atoms with van der Waals surface area (Å²) in [5.41, 5.74) is 0.447. The first-order chi connectivity index (χ1) is 9.73. The van der Waals surface area contributed by atoms with Crippen LogP contribution < -0.4 is 10.0 Å². The van der Waals surface area contributed by atoms with E-state index in [1.54, 1.807) is 6.92 Å². The van der Waals surface area contributed by atoms with Gasteiger partial charge in [0.15, 0.2) is 1.41 Å². The van der Waals surface area contributed by atoms with Crippen molar-refractivity contribution in [3.05, 3.63) is 29.8 Å². The lowest BCUT2D eigenvalue weighted by Gasteiger charge is -2.08. The molecular formula is C12H18N2O3S. The second-order valence-corrected chi connectivity index (χ2v) is 5.35. The fraction of sp³-hybridized carbons (Fsp3) is 0.417. The van der Waals surface area contributed by atoms with Gasteiger partial charge in [0.25, 0.3) is 10.0 Å². The van der Waals surface area contributed by atoms with E-state index in [-0.39, 0.29) is 17.3 Å². The minimum Gasteiger partial charge on any atom is -0.337 e. The first-order valence-corrected chi connectivity index (χ1v) is 7.06. The average Bonchev–Trinajstić information content (AvgIpc) is 2.43. The molecule has 6 heteroatoms. The monoisotopic (exact) mass is 273 g/mol. The summed E-state index contributed by atoms with van der Waals surface area (Å²) < 4.78 is 46.9. The average molecular weight is 273 g/mol. The highest BCUT2D eigenvalue weighted by Gasteiger charge is 2.16. The highest BCUT2D eigenvalue weighted by molar-refractivity contribution is 7.90. The molecule has 0 aliphatic rings.